The van der Waals surface area contributed by atoms with Gasteiger partial charge in [0.25, 0.3) is 0 Å². The predicted octanol–water partition coefficient (Wildman–Crippen LogP) is 4.39. The van der Waals surface area contributed by atoms with E-state index in [4.69, 9.17) is 16.3 Å². The number of thioether (sulfide) groups is 1. The highest BCUT2D eigenvalue weighted by molar-refractivity contribution is 7.99. The molecule has 1 aromatic heterocycles. The first-order valence-corrected chi connectivity index (χ1v) is 10.0. The fourth-order valence-corrected chi connectivity index (χ4v) is 3.42. The molecule has 1 N–H and O–H groups in total. The van der Waals surface area contributed by atoms with Crippen molar-refractivity contribution in [3.63, 3.8) is 0 Å². The van der Waals surface area contributed by atoms with Crippen LogP contribution in [0.15, 0.2) is 41.6 Å². The summed E-state index contributed by atoms with van der Waals surface area (Å²) in [4.78, 5) is 12.2. The lowest BCUT2D eigenvalue weighted by molar-refractivity contribution is -0.113. The number of methoxy groups -OCH3 is 1. The molecule has 0 spiro atoms. The Morgan fingerprint density at radius 1 is 1.13 bits per heavy atom. The second kappa shape index (κ2) is 9.96. The highest BCUT2D eigenvalue weighted by Gasteiger charge is 2.18. The highest BCUT2D eigenvalue weighted by Crippen LogP contribution is 2.26. The topological polar surface area (TPSA) is 69.0 Å². The maximum atomic E-state index is 13.7. The Labute approximate surface area is 179 Å². The molecule has 158 valence electrons. The zero-order chi connectivity index (χ0) is 21.7. The molecule has 3 rings (SSSR count). The Kier molecular flexibility index (Phi) is 7.35. The van der Waals surface area contributed by atoms with Gasteiger partial charge in [0.05, 0.1) is 24.6 Å². The summed E-state index contributed by atoms with van der Waals surface area (Å²) in [5.41, 5.74) is 0.338. The van der Waals surface area contributed by atoms with Gasteiger partial charge in [0.15, 0.2) is 28.4 Å². The molecule has 0 unspecified atom stereocenters. The van der Waals surface area contributed by atoms with Crippen LogP contribution in [0.2, 0.25) is 5.02 Å². The number of carbonyl (C=O) groups excluding carboxylic acids is 1. The number of amides is 1. The molecule has 0 aliphatic heterocycles. The van der Waals surface area contributed by atoms with Crippen LogP contribution in [-0.2, 0) is 16.1 Å². The summed E-state index contributed by atoms with van der Waals surface area (Å²) in [5, 5.41) is 11.5. The molecule has 30 heavy (non-hydrogen) atoms. The van der Waals surface area contributed by atoms with Crippen molar-refractivity contribution in [1.82, 2.24) is 14.8 Å². The smallest absolute Gasteiger partial charge is 0.234 e. The number of hydrogen-bond acceptors (Lipinski definition) is 5. The molecule has 2 aromatic carbocycles. The van der Waals surface area contributed by atoms with Gasteiger partial charge in [-0.3, -0.25) is 9.36 Å². The fourth-order valence-electron chi connectivity index (χ4n) is 2.53. The molecule has 0 bridgehead atoms. The molecule has 1 heterocycles. The van der Waals surface area contributed by atoms with Crippen molar-refractivity contribution in [2.45, 2.75) is 11.7 Å². The zero-order valence-corrected chi connectivity index (χ0v) is 17.2. The molecule has 0 aliphatic rings. The van der Waals surface area contributed by atoms with Gasteiger partial charge in [-0.05, 0) is 36.4 Å². The maximum absolute atomic E-state index is 13.7. The van der Waals surface area contributed by atoms with Crippen molar-refractivity contribution in [1.29, 1.82) is 0 Å². The number of aromatic nitrogens is 3. The first-order chi connectivity index (χ1) is 14.4. The van der Waals surface area contributed by atoms with E-state index in [-0.39, 0.29) is 5.75 Å². The third kappa shape index (κ3) is 5.13. The van der Waals surface area contributed by atoms with Crippen molar-refractivity contribution in [3.05, 3.63) is 58.9 Å². The Morgan fingerprint density at radius 2 is 1.87 bits per heavy atom. The second-order valence-electron chi connectivity index (χ2n) is 6.02. The summed E-state index contributed by atoms with van der Waals surface area (Å²) in [6.45, 7) is 0.821. The van der Waals surface area contributed by atoms with Crippen molar-refractivity contribution < 1.29 is 22.7 Å². The molecule has 0 saturated heterocycles. The standard InChI is InChI=1S/C19H16ClF3N4O2S/c1-29-9-8-27-18(11-2-4-12(20)5-3-11)25-26-19(27)30-10-15(28)24-14-7-6-13(21)16(22)17(14)23/h2-7H,8-10H2,1H3,(H,24,28). The highest BCUT2D eigenvalue weighted by atomic mass is 35.5. The predicted molar refractivity (Wildman–Crippen MR) is 108 cm³/mol. The van der Waals surface area contributed by atoms with Crippen molar-refractivity contribution in [2.24, 2.45) is 0 Å². The Hall–Kier alpha value is -2.56. The Bertz CT molecular complexity index is 1050. The van der Waals surface area contributed by atoms with Crippen LogP contribution in [0.4, 0.5) is 18.9 Å². The molecule has 3 aromatic rings. The Morgan fingerprint density at radius 3 is 2.57 bits per heavy atom. The van der Waals surface area contributed by atoms with E-state index >= 15 is 0 Å². The van der Waals surface area contributed by atoms with Gasteiger partial charge >= 0.3 is 0 Å². The first kappa shape index (κ1) is 22.1. The number of nitrogens with one attached hydrogen (secondary N) is 1. The number of carbonyl (C=O) groups is 1. The molecular weight excluding hydrogens is 441 g/mol. The molecule has 0 fully saturated rings. The van der Waals surface area contributed by atoms with Crippen LogP contribution in [0.3, 0.4) is 0 Å². The second-order valence-corrected chi connectivity index (χ2v) is 7.40. The van der Waals surface area contributed by atoms with Crippen LogP contribution in [-0.4, -0.2) is 40.1 Å². The quantitative estimate of drug-likeness (QED) is 0.402. The van der Waals surface area contributed by atoms with Crippen molar-refractivity contribution in [3.8, 4) is 11.4 Å². The summed E-state index contributed by atoms with van der Waals surface area (Å²) in [6.07, 6.45) is 0. The SMILES string of the molecule is COCCn1c(SCC(=O)Nc2ccc(F)c(F)c2F)nnc1-c1ccc(Cl)cc1. The molecule has 0 aliphatic carbocycles. The minimum absolute atomic E-state index is 0.149. The van der Waals surface area contributed by atoms with E-state index in [1.165, 1.54) is 0 Å². The monoisotopic (exact) mass is 456 g/mol. The zero-order valence-electron chi connectivity index (χ0n) is 15.7. The van der Waals surface area contributed by atoms with Gasteiger partial charge in [-0.2, -0.15) is 0 Å². The normalized spacial score (nSPS) is 11.0. The van der Waals surface area contributed by atoms with E-state index < -0.39 is 29.0 Å². The first-order valence-electron chi connectivity index (χ1n) is 8.65. The molecule has 1 amide bonds. The number of benzene rings is 2. The minimum Gasteiger partial charge on any atom is -0.383 e. The average molecular weight is 457 g/mol. The van der Waals surface area contributed by atoms with Crippen LogP contribution in [0.25, 0.3) is 11.4 Å². The molecule has 6 nitrogen and oxygen atoms in total. The lowest BCUT2D eigenvalue weighted by Gasteiger charge is -2.10. The summed E-state index contributed by atoms with van der Waals surface area (Å²) >= 11 is 6.99. The molecule has 0 saturated carbocycles. The van der Waals surface area contributed by atoms with Gasteiger partial charge in [-0.25, -0.2) is 13.2 Å². The van der Waals surface area contributed by atoms with Gasteiger partial charge in [-0.1, -0.05) is 23.4 Å². The Balaban J connectivity index is 1.73. The lowest BCUT2D eigenvalue weighted by Crippen LogP contribution is -2.16. The summed E-state index contributed by atoms with van der Waals surface area (Å²) in [7, 11) is 1.56. The molecule has 11 heteroatoms. The van der Waals surface area contributed by atoms with Crippen LogP contribution >= 0.6 is 23.4 Å². The number of ether oxygens (including phenoxy) is 1. The minimum atomic E-state index is -1.65. The van der Waals surface area contributed by atoms with Crippen LogP contribution in [0.5, 0.6) is 0 Å². The van der Waals surface area contributed by atoms with Gasteiger partial charge in [0.2, 0.25) is 5.91 Å². The summed E-state index contributed by atoms with van der Waals surface area (Å²) in [5.74, 6) is -4.63. The average Bonchev–Trinajstić information content (AvgIpc) is 3.14. The van der Waals surface area contributed by atoms with Crippen LogP contribution in [0.1, 0.15) is 0 Å². The van der Waals surface area contributed by atoms with Crippen molar-refractivity contribution >= 4 is 35.0 Å². The third-order valence-electron chi connectivity index (χ3n) is 3.98. The fraction of sp³-hybridized carbons (Fsp3) is 0.211. The maximum Gasteiger partial charge on any atom is 0.234 e. The number of nitrogens with zero attached hydrogens (tertiary/aromatic N) is 3. The number of anilines is 1. The number of halogens is 4. The van der Waals surface area contributed by atoms with E-state index in [0.717, 1.165) is 29.5 Å². The summed E-state index contributed by atoms with van der Waals surface area (Å²) < 4.78 is 46.9. The molecular formula is C19H16ClF3N4O2S. The van der Waals surface area contributed by atoms with E-state index in [1.807, 2.05) is 0 Å². The van der Waals surface area contributed by atoms with E-state index in [9.17, 15) is 18.0 Å². The van der Waals surface area contributed by atoms with Gasteiger partial charge in [-0.15, -0.1) is 10.2 Å². The van der Waals surface area contributed by atoms with Crippen LogP contribution in [0, 0.1) is 17.5 Å². The molecule has 0 radical (unpaired) electrons. The van der Waals surface area contributed by atoms with Crippen molar-refractivity contribution in [2.75, 3.05) is 24.8 Å². The number of hydrogen-bond donors (Lipinski definition) is 1. The largest absolute Gasteiger partial charge is 0.383 e. The van der Waals surface area contributed by atoms with E-state index in [1.54, 1.807) is 35.9 Å². The van der Waals surface area contributed by atoms with E-state index in [0.29, 0.717) is 29.2 Å². The lowest BCUT2D eigenvalue weighted by atomic mass is 10.2. The summed E-state index contributed by atoms with van der Waals surface area (Å²) in [6, 6.07) is 8.73. The van der Waals surface area contributed by atoms with E-state index in [2.05, 4.69) is 15.5 Å². The van der Waals surface area contributed by atoms with Crippen LogP contribution < -0.4 is 5.32 Å². The van der Waals surface area contributed by atoms with Gasteiger partial charge < -0.3 is 10.1 Å². The molecule has 0 atom stereocenters. The third-order valence-corrected chi connectivity index (χ3v) is 5.20. The number of rotatable bonds is 8. The van der Waals surface area contributed by atoms with Gasteiger partial charge in [0.1, 0.15) is 0 Å². The van der Waals surface area contributed by atoms with Gasteiger partial charge in [0, 0.05) is 17.7 Å².